The summed E-state index contributed by atoms with van der Waals surface area (Å²) in [5.41, 5.74) is 5.60. The van der Waals surface area contributed by atoms with E-state index in [2.05, 4.69) is 33.0 Å². The minimum Gasteiger partial charge on any atom is -0.337 e. The third-order valence-corrected chi connectivity index (χ3v) is 4.10. The highest BCUT2D eigenvalue weighted by Gasteiger charge is 2.27. The molecule has 2 rings (SSSR count). The van der Waals surface area contributed by atoms with Crippen molar-refractivity contribution in [2.75, 3.05) is 0 Å². The molecular formula is C11H14BrN3OS. The molecule has 0 aliphatic heterocycles. The number of thiophene rings is 1. The van der Waals surface area contributed by atoms with Crippen molar-refractivity contribution in [1.29, 1.82) is 0 Å². The van der Waals surface area contributed by atoms with Crippen LogP contribution in [-0.2, 0) is 5.54 Å². The van der Waals surface area contributed by atoms with E-state index in [1.165, 1.54) is 0 Å². The summed E-state index contributed by atoms with van der Waals surface area (Å²) in [5, 5.41) is 3.97. The average Bonchev–Trinajstić information content (AvgIpc) is 2.85. The van der Waals surface area contributed by atoms with E-state index in [4.69, 9.17) is 10.3 Å². The number of nitrogens with two attached hydrogens (primary N) is 1. The Balaban J connectivity index is 2.27. The van der Waals surface area contributed by atoms with Crippen LogP contribution >= 0.6 is 27.3 Å². The average molecular weight is 316 g/mol. The molecule has 0 radical (unpaired) electrons. The van der Waals surface area contributed by atoms with Crippen molar-refractivity contribution in [1.82, 2.24) is 10.1 Å². The molecule has 6 heteroatoms. The minimum absolute atomic E-state index is 0.499. The van der Waals surface area contributed by atoms with Gasteiger partial charge in [-0.25, -0.2) is 0 Å². The molecule has 2 aromatic heterocycles. The van der Waals surface area contributed by atoms with Crippen LogP contribution < -0.4 is 5.73 Å². The van der Waals surface area contributed by atoms with Crippen LogP contribution in [0, 0.1) is 0 Å². The molecule has 2 heterocycles. The molecule has 0 aliphatic rings. The van der Waals surface area contributed by atoms with Crippen LogP contribution in [0.5, 0.6) is 0 Å². The van der Waals surface area contributed by atoms with Crippen molar-refractivity contribution >= 4 is 27.3 Å². The zero-order valence-electron chi connectivity index (χ0n) is 9.74. The van der Waals surface area contributed by atoms with Crippen molar-refractivity contribution in [2.45, 2.75) is 32.2 Å². The third-order valence-electron chi connectivity index (χ3n) is 2.48. The van der Waals surface area contributed by atoms with E-state index in [1.807, 2.05) is 19.1 Å². The summed E-state index contributed by atoms with van der Waals surface area (Å²) in [7, 11) is 0. The van der Waals surface area contributed by atoms with E-state index < -0.39 is 5.54 Å². The van der Waals surface area contributed by atoms with Crippen molar-refractivity contribution in [3.05, 3.63) is 21.8 Å². The first-order valence-electron chi connectivity index (χ1n) is 5.41. The Hall–Kier alpha value is -0.720. The second-order valence-electron chi connectivity index (χ2n) is 4.19. The molecular weight excluding hydrogens is 302 g/mol. The predicted molar refractivity (Wildman–Crippen MR) is 71.8 cm³/mol. The Bertz CT molecular complexity index is 506. The topological polar surface area (TPSA) is 64.9 Å². The third kappa shape index (κ3) is 2.75. The fourth-order valence-electron chi connectivity index (χ4n) is 1.62. The van der Waals surface area contributed by atoms with Crippen LogP contribution in [0.2, 0.25) is 0 Å². The van der Waals surface area contributed by atoms with E-state index in [1.54, 1.807) is 11.3 Å². The van der Waals surface area contributed by atoms with Crippen molar-refractivity contribution in [3.63, 3.8) is 0 Å². The van der Waals surface area contributed by atoms with E-state index in [0.29, 0.717) is 11.7 Å². The van der Waals surface area contributed by atoms with Crippen LogP contribution in [-0.4, -0.2) is 10.1 Å². The molecule has 0 fully saturated rings. The lowest BCUT2D eigenvalue weighted by Gasteiger charge is -2.18. The quantitative estimate of drug-likeness (QED) is 0.937. The Labute approximate surface area is 112 Å². The first kappa shape index (κ1) is 12.7. The summed E-state index contributed by atoms with van der Waals surface area (Å²) >= 11 is 4.98. The van der Waals surface area contributed by atoms with E-state index in [-0.39, 0.29) is 0 Å². The van der Waals surface area contributed by atoms with Gasteiger partial charge in [-0.05, 0) is 41.4 Å². The summed E-state index contributed by atoms with van der Waals surface area (Å²) in [6, 6.07) is 3.92. The fourth-order valence-corrected chi connectivity index (χ4v) is 2.93. The highest BCUT2D eigenvalue weighted by Crippen LogP contribution is 2.31. The maximum absolute atomic E-state index is 6.14. The van der Waals surface area contributed by atoms with Gasteiger partial charge in [0, 0.05) is 0 Å². The van der Waals surface area contributed by atoms with Crippen LogP contribution in [0.3, 0.4) is 0 Å². The second-order valence-corrected chi connectivity index (χ2v) is 6.66. The van der Waals surface area contributed by atoms with Crippen LogP contribution in [0.1, 0.15) is 32.6 Å². The van der Waals surface area contributed by atoms with E-state index in [9.17, 15) is 0 Å². The highest BCUT2D eigenvalue weighted by atomic mass is 79.9. The number of rotatable bonds is 4. The molecule has 0 amide bonds. The Morgan fingerprint density at radius 2 is 2.29 bits per heavy atom. The Morgan fingerprint density at radius 3 is 2.88 bits per heavy atom. The minimum atomic E-state index is -0.547. The monoisotopic (exact) mass is 315 g/mol. The normalized spacial score (nSPS) is 14.8. The number of nitrogens with zero attached hydrogens (tertiary/aromatic N) is 2. The fraction of sp³-hybridized carbons (Fsp3) is 0.455. The summed E-state index contributed by atoms with van der Waals surface area (Å²) < 4.78 is 6.30. The summed E-state index contributed by atoms with van der Waals surface area (Å²) in [4.78, 5) is 5.34. The van der Waals surface area contributed by atoms with Gasteiger partial charge < -0.3 is 10.3 Å². The zero-order chi connectivity index (χ0) is 12.5. The highest BCUT2D eigenvalue weighted by molar-refractivity contribution is 9.11. The number of aromatic nitrogens is 2. The summed E-state index contributed by atoms with van der Waals surface area (Å²) in [6.07, 6.45) is 1.80. The lowest BCUT2D eigenvalue weighted by atomic mass is 9.98. The van der Waals surface area contributed by atoms with Crippen molar-refractivity contribution < 1.29 is 4.52 Å². The maximum atomic E-state index is 6.14. The van der Waals surface area contributed by atoms with Gasteiger partial charge in [0.2, 0.25) is 11.7 Å². The number of hydrogen-bond donors (Lipinski definition) is 1. The molecule has 4 nitrogen and oxygen atoms in total. The van der Waals surface area contributed by atoms with Gasteiger partial charge >= 0.3 is 0 Å². The standard InChI is InChI=1S/C11H14BrN3OS/c1-3-6-11(2,13)10-14-9(15-16-10)7-4-5-8(12)17-7/h4-5H,3,6,13H2,1-2H3. The molecule has 0 bridgehead atoms. The molecule has 0 saturated heterocycles. The first-order valence-corrected chi connectivity index (χ1v) is 7.02. The molecule has 0 spiro atoms. The summed E-state index contributed by atoms with van der Waals surface area (Å²) in [5.74, 6) is 1.10. The summed E-state index contributed by atoms with van der Waals surface area (Å²) in [6.45, 7) is 4.00. The second kappa shape index (κ2) is 4.88. The lowest BCUT2D eigenvalue weighted by Crippen LogP contribution is -2.33. The van der Waals surface area contributed by atoms with Gasteiger partial charge in [-0.3, -0.25) is 0 Å². The SMILES string of the molecule is CCCC(C)(N)c1nc(-c2ccc(Br)s2)no1. The van der Waals surface area contributed by atoms with Gasteiger partial charge in [-0.15, -0.1) is 11.3 Å². The molecule has 2 N–H and O–H groups in total. The lowest BCUT2D eigenvalue weighted by molar-refractivity contribution is 0.284. The van der Waals surface area contributed by atoms with Crippen LogP contribution in [0.15, 0.2) is 20.4 Å². The van der Waals surface area contributed by atoms with Gasteiger partial charge in [0.15, 0.2) is 0 Å². The van der Waals surface area contributed by atoms with Gasteiger partial charge in [0.25, 0.3) is 0 Å². The van der Waals surface area contributed by atoms with Crippen LogP contribution in [0.4, 0.5) is 0 Å². The predicted octanol–water partition coefficient (Wildman–Crippen LogP) is 3.53. The maximum Gasteiger partial charge on any atom is 0.246 e. The molecule has 1 unspecified atom stereocenters. The van der Waals surface area contributed by atoms with Gasteiger partial charge in [-0.1, -0.05) is 18.5 Å². The van der Waals surface area contributed by atoms with E-state index in [0.717, 1.165) is 21.5 Å². The van der Waals surface area contributed by atoms with Gasteiger partial charge in [-0.2, -0.15) is 4.98 Å². The van der Waals surface area contributed by atoms with Gasteiger partial charge in [0.1, 0.15) is 0 Å². The molecule has 17 heavy (non-hydrogen) atoms. The van der Waals surface area contributed by atoms with E-state index >= 15 is 0 Å². The zero-order valence-corrected chi connectivity index (χ0v) is 12.1. The van der Waals surface area contributed by atoms with Crippen LogP contribution in [0.25, 0.3) is 10.7 Å². The largest absolute Gasteiger partial charge is 0.337 e. The molecule has 2 aromatic rings. The number of halogens is 1. The number of hydrogen-bond acceptors (Lipinski definition) is 5. The van der Waals surface area contributed by atoms with Gasteiger partial charge in [0.05, 0.1) is 14.2 Å². The van der Waals surface area contributed by atoms with Crippen molar-refractivity contribution in [2.24, 2.45) is 5.73 Å². The molecule has 1 atom stereocenters. The molecule has 0 saturated carbocycles. The molecule has 0 aromatic carbocycles. The smallest absolute Gasteiger partial charge is 0.246 e. The Morgan fingerprint density at radius 1 is 1.53 bits per heavy atom. The van der Waals surface area contributed by atoms with Crippen molar-refractivity contribution in [3.8, 4) is 10.7 Å². The molecule has 0 aliphatic carbocycles. The Kier molecular flexibility index (Phi) is 3.65. The first-order chi connectivity index (χ1) is 8.03. The molecule has 92 valence electrons.